The average molecular weight is 313 g/mol. The predicted molar refractivity (Wildman–Crippen MR) is 73.2 cm³/mol. The summed E-state index contributed by atoms with van der Waals surface area (Å²) < 4.78 is 11.3. The molecule has 0 aliphatic rings. The van der Waals surface area contributed by atoms with E-state index in [-0.39, 0.29) is 0 Å². The van der Waals surface area contributed by atoms with E-state index in [0.29, 0.717) is 28.2 Å². The fourth-order valence-electron chi connectivity index (χ4n) is 1.23. The molecule has 0 saturated heterocycles. The number of methoxy groups -OCH3 is 1. The second-order valence-electron chi connectivity index (χ2n) is 3.38. The molecule has 1 N–H and O–H groups in total. The van der Waals surface area contributed by atoms with E-state index < -0.39 is 5.97 Å². The zero-order chi connectivity index (χ0) is 13.5. The highest BCUT2D eigenvalue weighted by Gasteiger charge is 2.04. The molecule has 0 aromatic heterocycles. The maximum atomic E-state index is 10.5. The topological polar surface area (TPSA) is 55.8 Å². The molecule has 0 aliphatic carbocycles. The number of carboxylic acid groups (broad SMARTS) is 1. The Balaban J connectivity index is 2.99. The molecule has 18 heavy (non-hydrogen) atoms. The minimum atomic E-state index is -1.02. The Morgan fingerprint density at radius 2 is 2.28 bits per heavy atom. The van der Waals surface area contributed by atoms with Gasteiger partial charge in [-0.25, -0.2) is 4.79 Å². The molecule has 0 radical (unpaired) electrons. The Morgan fingerprint density at radius 1 is 1.56 bits per heavy atom. The third kappa shape index (κ3) is 4.63. The highest BCUT2D eigenvalue weighted by molar-refractivity contribution is 9.11. The second-order valence-corrected chi connectivity index (χ2v) is 4.50. The largest absolute Gasteiger partial charge is 0.497 e. The summed E-state index contributed by atoms with van der Waals surface area (Å²) in [7, 11) is 1.54. The van der Waals surface area contributed by atoms with E-state index in [4.69, 9.17) is 14.6 Å². The Hall–Kier alpha value is -1.75. The molecule has 0 unspecified atom stereocenters. The molecular weight excluding hydrogens is 300 g/mol. The van der Waals surface area contributed by atoms with Gasteiger partial charge in [-0.15, -0.1) is 0 Å². The highest BCUT2D eigenvalue weighted by Crippen LogP contribution is 2.26. The van der Waals surface area contributed by atoms with Crippen LogP contribution in [0.2, 0.25) is 0 Å². The fourth-order valence-corrected chi connectivity index (χ4v) is 1.35. The summed E-state index contributed by atoms with van der Waals surface area (Å²) in [4.78, 5) is 10.5. The van der Waals surface area contributed by atoms with Crippen LogP contribution in [0.4, 0.5) is 0 Å². The first-order chi connectivity index (χ1) is 8.52. The third-order valence-corrected chi connectivity index (χ3v) is 2.24. The Labute approximate surface area is 114 Å². The highest BCUT2D eigenvalue weighted by atomic mass is 79.9. The molecule has 4 nitrogen and oxygen atoms in total. The van der Waals surface area contributed by atoms with Crippen LogP contribution in [0.3, 0.4) is 0 Å². The maximum absolute atomic E-state index is 10.5. The molecule has 0 heterocycles. The molecule has 5 heteroatoms. The summed E-state index contributed by atoms with van der Waals surface area (Å²) in [6.45, 7) is 3.97. The summed E-state index contributed by atoms with van der Waals surface area (Å²) in [6.07, 6.45) is 2.50. The summed E-state index contributed by atoms with van der Waals surface area (Å²) >= 11 is 3.19. The Kier molecular flexibility index (Phi) is 5.45. The van der Waals surface area contributed by atoms with Gasteiger partial charge in [0, 0.05) is 16.1 Å². The second kappa shape index (κ2) is 6.86. The normalized spacial score (nSPS) is 10.3. The van der Waals surface area contributed by atoms with Crippen molar-refractivity contribution in [3.8, 4) is 11.5 Å². The lowest BCUT2D eigenvalue weighted by Gasteiger charge is -2.10. The fraction of sp³-hybridized carbons (Fsp3) is 0.154. The summed E-state index contributed by atoms with van der Waals surface area (Å²) in [5.41, 5.74) is 0.630. The Bertz CT molecular complexity index is 480. The smallest absolute Gasteiger partial charge is 0.328 e. The van der Waals surface area contributed by atoms with Crippen molar-refractivity contribution in [3.05, 3.63) is 40.9 Å². The van der Waals surface area contributed by atoms with Gasteiger partial charge < -0.3 is 14.6 Å². The van der Waals surface area contributed by atoms with E-state index in [1.165, 1.54) is 6.08 Å². The number of aliphatic carboxylic acids is 1. The van der Waals surface area contributed by atoms with Crippen LogP contribution in [0.25, 0.3) is 6.08 Å². The van der Waals surface area contributed by atoms with E-state index in [1.807, 2.05) is 0 Å². The molecule has 1 aromatic rings. The van der Waals surface area contributed by atoms with E-state index in [1.54, 1.807) is 25.3 Å². The van der Waals surface area contributed by atoms with Gasteiger partial charge in [0.25, 0.3) is 0 Å². The first-order valence-electron chi connectivity index (χ1n) is 5.08. The van der Waals surface area contributed by atoms with Crippen LogP contribution >= 0.6 is 15.9 Å². The number of carboxylic acids is 1. The number of halogens is 1. The summed E-state index contributed by atoms with van der Waals surface area (Å²) in [5, 5.41) is 8.63. The van der Waals surface area contributed by atoms with Crippen molar-refractivity contribution in [1.29, 1.82) is 0 Å². The van der Waals surface area contributed by atoms with Gasteiger partial charge in [0.15, 0.2) is 0 Å². The van der Waals surface area contributed by atoms with E-state index in [9.17, 15) is 4.79 Å². The lowest BCUT2D eigenvalue weighted by molar-refractivity contribution is -0.131. The quantitative estimate of drug-likeness (QED) is 0.820. The van der Waals surface area contributed by atoms with Crippen LogP contribution in [-0.4, -0.2) is 24.8 Å². The summed E-state index contributed by atoms with van der Waals surface area (Å²) in [5.74, 6) is 0.174. The Morgan fingerprint density at radius 3 is 2.83 bits per heavy atom. The number of ether oxygens (including phenoxy) is 2. The van der Waals surface area contributed by atoms with Crippen LogP contribution < -0.4 is 9.47 Å². The first kappa shape index (κ1) is 14.3. The molecule has 0 fully saturated rings. The van der Waals surface area contributed by atoms with Crippen molar-refractivity contribution in [3.63, 3.8) is 0 Å². The van der Waals surface area contributed by atoms with Gasteiger partial charge in [0.05, 0.1) is 7.11 Å². The van der Waals surface area contributed by atoms with E-state index in [0.717, 1.165) is 6.08 Å². The van der Waals surface area contributed by atoms with Crippen molar-refractivity contribution in [2.75, 3.05) is 13.7 Å². The molecule has 0 amide bonds. The lowest BCUT2D eigenvalue weighted by atomic mass is 10.1. The van der Waals surface area contributed by atoms with Crippen LogP contribution in [0, 0.1) is 0 Å². The molecule has 0 saturated carbocycles. The number of benzene rings is 1. The minimum Gasteiger partial charge on any atom is -0.497 e. The van der Waals surface area contributed by atoms with Gasteiger partial charge in [-0.05, 0) is 24.3 Å². The van der Waals surface area contributed by atoms with Crippen molar-refractivity contribution in [2.45, 2.75) is 0 Å². The van der Waals surface area contributed by atoms with Crippen LogP contribution in [-0.2, 0) is 4.79 Å². The maximum Gasteiger partial charge on any atom is 0.328 e. The van der Waals surface area contributed by atoms with E-state index >= 15 is 0 Å². The predicted octanol–water partition coefficient (Wildman–Crippen LogP) is 3.08. The molecule has 0 aliphatic heterocycles. The van der Waals surface area contributed by atoms with Crippen molar-refractivity contribution < 1.29 is 19.4 Å². The van der Waals surface area contributed by atoms with Gasteiger partial charge >= 0.3 is 5.97 Å². The SMILES string of the molecule is C=C(Br)COc1ccc(OC)cc1/C=C/C(=O)O. The monoisotopic (exact) mass is 312 g/mol. The van der Waals surface area contributed by atoms with Gasteiger partial charge in [0.2, 0.25) is 0 Å². The third-order valence-electron chi connectivity index (χ3n) is 2.01. The van der Waals surface area contributed by atoms with Crippen molar-refractivity contribution >= 4 is 28.0 Å². The van der Waals surface area contributed by atoms with Gasteiger partial charge in [0.1, 0.15) is 18.1 Å². The minimum absolute atomic E-state index is 0.306. The zero-order valence-corrected chi connectivity index (χ0v) is 11.4. The number of hydrogen-bond acceptors (Lipinski definition) is 3. The van der Waals surface area contributed by atoms with E-state index in [2.05, 4.69) is 22.5 Å². The molecular formula is C13H13BrO4. The van der Waals surface area contributed by atoms with Crippen LogP contribution in [0.15, 0.2) is 35.3 Å². The number of hydrogen-bond donors (Lipinski definition) is 1. The molecule has 0 spiro atoms. The standard InChI is InChI=1S/C13H13BrO4/c1-9(14)8-18-12-5-4-11(17-2)7-10(12)3-6-13(15)16/h3-7H,1,8H2,2H3,(H,15,16)/b6-3+. The van der Waals surface area contributed by atoms with Gasteiger partial charge in [-0.1, -0.05) is 22.5 Å². The molecule has 96 valence electrons. The first-order valence-corrected chi connectivity index (χ1v) is 5.87. The van der Waals surface area contributed by atoms with Crippen LogP contribution in [0.1, 0.15) is 5.56 Å². The van der Waals surface area contributed by atoms with Crippen LogP contribution in [0.5, 0.6) is 11.5 Å². The molecule has 0 atom stereocenters. The van der Waals surface area contributed by atoms with Crippen molar-refractivity contribution in [2.24, 2.45) is 0 Å². The molecule has 1 aromatic carbocycles. The number of rotatable bonds is 6. The number of carbonyl (C=O) groups is 1. The van der Waals surface area contributed by atoms with Crippen molar-refractivity contribution in [1.82, 2.24) is 0 Å². The lowest BCUT2D eigenvalue weighted by Crippen LogP contribution is -1.98. The summed E-state index contributed by atoms with van der Waals surface area (Å²) in [6, 6.07) is 5.16. The van der Waals surface area contributed by atoms with Gasteiger partial charge in [-0.2, -0.15) is 0 Å². The zero-order valence-electron chi connectivity index (χ0n) is 9.85. The average Bonchev–Trinajstić information content (AvgIpc) is 2.34. The molecule has 1 rings (SSSR count). The molecule has 0 bridgehead atoms. The van der Waals surface area contributed by atoms with Gasteiger partial charge in [-0.3, -0.25) is 0 Å².